The Morgan fingerprint density at radius 1 is 1.00 bits per heavy atom. The van der Waals surface area contributed by atoms with Crippen LogP contribution in [0.2, 0.25) is 0 Å². The monoisotopic (exact) mass is 566 g/mol. The summed E-state index contributed by atoms with van der Waals surface area (Å²) in [6, 6.07) is 16.8. The molecular weight excluding hydrogens is 527 g/mol. The minimum absolute atomic E-state index is 0. The van der Waals surface area contributed by atoms with E-state index < -0.39 is 0 Å². The Bertz CT molecular complexity index is 873. The van der Waals surface area contributed by atoms with Gasteiger partial charge in [-0.05, 0) is 50.8 Å². The lowest BCUT2D eigenvalue weighted by molar-refractivity contribution is 0.0792. The van der Waals surface area contributed by atoms with Crippen molar-refractivity contribution in [3.63, 3.8) is 0 Å². The van der Waals surface area contributed by atoms with Gasteiger partial charge in [0.2, 0.25) is 0 Å². The van der Waals surface area contributed by atoms with Gasteiger partial charge in [-0.2, -0.15) is 0 Å². The van der Waals surface area contributed by atoms with E-state index in [4.69, 9.17) is 4.74 Å². The number of hydrogen-bond acceptors (Lipinski definition) is 4. The molecule has 0 radical (unpaired) electrons. The van der Waals surface area contributed by atoms with Crippen molar-refractivity contribution in [3.8, 4) is 5.75 Å². The molecule has 2 aromatic carbocycles. The topological polar surface area (TPSA) is 69.1 Å². The van der Waals surface area contributed by atoms with E-state index in [1.54, 1.807) is 7.05 Å². The summed E-state index contributed by atoms with van der Waals surface area (Å²) in [7, 11) is 1.78. The summed E-state index contributed by atoms with van der Waals surface area (Å²) in [6.45, 7) is 10.4. The number of piperidine rings is 1. The van der Waals surface area contributed by atoms with Gasteiger partial charge in [-0.3, -0.25) is 9.89 Å². The number of para-hydroxylation sites is 1. The largest absolute Gasteiger partial charge is 0.488 e. The van der Waals surface area contributed by atoms with E-state index in [2.05, 4.69) is 71.6 Å². The summed E-state index contributed by atoms with van der Waals surface area (Å²) in [5, 5.41) is 16.4. The van der Waals surface area contributed by atoms with Gasteiger partial charge in [-0.15, -0.1) is 24.0 Å². The van der Waals surface area contributed by atoms with Crippen molar-refractivity contribution in [1.29, 1.82) is 0 Å². The van der Waals surface area contributed by atoms with Crippen LogP contribution in [-0.2, 0) is 19.6 Å². The van der Waals surface area contributed by atoms with E-state index in [0.29, 0.717) is 13.1 Å². The summed E-state index contributed by atoms with van der Waals surface area (Å²) >= 11 is 0. The van der Waals surface area contributed by atoms with Crippen LogP contribution in [-0.4, -0.2) is 47.8 Å². The zero-order valence-corrected chi connectivity index (χ0v) is 22.6. The maximum atomic E-state index is 9.66. The summed E-state index contributed by atoms with van der Waals surface area (Å²) in [5.41, 5.74) is 3.38. The molecule has 0 aliphatic carbocycles. The Kier molecular flexibility index (Phi) is 10.9. The average Bonchev–Trinajstić information content (AvgIpc) is 2.76. The molecule has 3 N–H and O–H groups in total. The SMILES string of the molecule is CN=C(NCc1ccc(CN2CCC(O)CC2)cc1)NCc1ccccc1OC(C)(C)C.I. The van der Waals surface area contributed by atoms with E-state index in [1.165, 1.54) is 11.1 Å². The molecule has 0 saturated carbocycles. The maximum absolute atomic E-state index is 9.66. The summed E-state index contributed by atoms with van der Waals surface area (Å²) in [5.74, 6) is 1.65. The Labute approximate surface area is 215 Å². The number of benzene rings is 2. The van der Waals surface area contributed by atoms with Crippen molar-refractivity contribution in [2.75, 3.05) is 20.1 Å². The zero-order chi connectivity index (χ0) is 23.0. The molecule has 0 amide bonds. The highest BCUT2D eigenvalue weighted by Crippen LogP contribution is 2.22. The number of nitrogens with zero attached hydrogens (tertiary/aromatic N) is 2. The molecular formula is C26H39IN4O2. The van der Waals surface area contributed by atoms with Crippen molar-refractivity contribution >= 4 is 29.9 Å². The van der Waals surface area contributed by atoms with Crippen molar-refractivity contribution < 1.29 is 9.84 Å². The Balaban J connectivity index is 0.00000385. The van der Waals surface area contributed by atoms with Crippen LogP contribution in [0.25, 0.3) is 0 Å². The molecule has 0 spiro atoms. The molecule has 1 fully saturated rings. The van der Waals surface area contributed by atoms with Crippen LogP contribution in [0, 0.1) is 0 Å². The molecule has 1 saturated heterocycles. The third kappa shape index (κ3) is 9.51. The minimum atomic E-state index is -0.239. The number of nitrogens with one attached hydrogen (secondary N) is 2. The molecule has 1 heterocycles. The Hall–Kier alpha value is -1.84. The van der Waals surface area contributed by atoms with E-state index in [0.717, 1.165) is 49.7 Å². The summed E-state index contributed by atoms with van der Waals surface area (Å²) in [4.78, 5) is 6.76. The molecule has 1 aliphatic heterocycles. The van der Waals surface area contributed by atoms with Crippen molar-refractivity contribution in [1.82, 2.24) is 15.5 Å². The van der Waals surface area contributed by atoms with Gasteiger partial charge in [0.25, 0.3) is 0 Å². The maximum Gasteiger partial charge on any atom is 0.191 e. The third-order valence-electron chi connectivity index (χ3n) is 5.50. The molecule has 0 atom stereocenters. The number of ether oxygens (including phenoxy) is 1. The first-order valence-electron chi connectivity index (χ1n) is 11.5. The quantitative estimate of drug-likeness (QED) is 0.265. The lowest BCUT2D eigenvalue weighted by Crippen LogP contribution is -2.36. The number of hydrogen-bond donors (Lipinski definition) is 3. The Morgan fingerprint density at radius 3 is 2.24 bits per heavy atom. The molecule has 0 aromatic heterocycles. The van der Waals surface area contributed by atoms with Gasteiger partial charge in [-0.1, -0.05) is 42.5 Å². The van der Waals surface area contributed by atoms with Gasteiger partial charge < -0.3 is 20.5 Å². The van der Waals surface area contributed by atoms with E-state index in [-0.39, 0.29) is 35.7 Å². The summed E-state index contributed by atoms with van der Waals surface area (Å²) < 4.78 is 6.08. The van der Waals surface area contributed by atoms with Gasteiger partial charge >= 0.3 is 0 Å². The smallest absolute Gasteiger partial charge is 0.191 e. The van der Waals surface area contributed by atoms with E-state index >= 15 is 0 Å². The second-order valence-electron chi connectivity index (χ2n) is 9.43. The summed E-state index contributed by atoms with van der Waals surface area (Å²) in [6.07, 6.45) is 1.63. The van der Waals surface area contributed by atoms with Crippen LogP contribution in [0.5, 0.6) is 5.75 Å². The Morgan fingerprint density at radius 2 is 1.61 bits per heavy atom. The fourth-order valence-electron chi connectivity index (χ4n) is 3.76. The number of aliphatic imine (C=N–C) groups is 1. The van der Waals surface area contributed by atoms with Gasteiger partial charge in [0.05, 0.1) is 6.10 Å². The first-order valence-corrected chi connectivity index (χ1v) is 11.5. The lowest BCUT2D eigenvalue weighted by atomic mass is 10.1. The zero-order valence-electron chi connectivity index (χ0n) is 20.3. The molecule has 1 aliphatic rings. The standard InChI is InChI=1S/C26H38N4O2.HI/c1-26(2,3)32-24-8-6-5-7-22(24)18-29-25(27-4)28-17-20-9-11-21(12-10-20)19-30-15-13-23(31)14-16-30;/h5-12,23,31H,13-19H2,1-4H3,(H2,27,28,29);1H. The number of guanidine groups is 1. The van der Waals surface area contributed by atoms with Crippen LogP contribution in [0.1, 0.15) is 50.3 Å². The first kappa shape index (κ1) is 27.4. The van der Waals surface area contributed by atoms with Gasteiger partial charge in [-0.25, -0.2) is 0 Å². The second-order valence-corrected chi connectivity index (χ2v) is 9.43. The molecule has 6 nitrogen and oxygen atoms in total. The molecule has 182 valence electrons. The van der Waals surface area contributed by atoms with E-state index in [1.807, 2.05) is 18.2 Å². The number of rotatable bonds is 7. The number of likely N-dealkylation sites (tertiary alicyclic amines) is 1. The molecule has 2 aromatic rings. The van der Waals surface area contributed by atoms with Crippen molar-refractivity contribution in [3.05, 3.63) is 65.2 Å². The molecule has 33 heavy (non-hydrogen) atoms. The normalized spacial score (nSPS) is 15.6. The fourth-order valence-corrected chi connectivity index (χ4v) is 3.76. The predicted molar refractivity (Wildman–Crippen MR) is 146 cm³/mol. The second kappa shape index (κ2) is 13.2. The van der Waals surface area contributed by atoms with Crippen LogP contribution in [0.4, 0.5) is 0 Å². The van der Waals surface area contributed by atoms with E-state index in [9.17, 15) is 5.11 Å². The average molecular weight is 567 g/mol. The number of halogens is 1. The van der Waals surface area contributed by atoms with Gasteiger partial charge in [0.15, 0.2) is 5.96 Å². The number of aliphatic hydroxyl groups is 1. The van der Waals surface area contributed by atoms with Gasteiger partial charge in [0.1, 0.15) is 11.4 Å². The fraction of sp³-hybridized carbons (Fsp3) is 0.500. The third-order valence-corrected chi connectivity index (χ3v) is 5.50. The highest BCUT2D eigenvalue weighted by Gasteiger charge is 2.17. The predicted octanol–water partition coefficient (Wildman–Crippen LogP) is 4.30. The van der Waals surface area contributed by atoms with Crippen LogP contribution >= 0.6 is 24.0 Å². The molecule has 7 heteroatoms. The van der Waals surface area contributed by atoms with Crippen LogP contribution < -0.4 is 15.4 Å². The molecule has 3 rings (SSSR count). The minimum Gasteiger partial charge on any atom is -0.488 e. The van der Waals surface area contributed by atoms with Crippen LogP contribution in [0.3, 0.4) is 0 Å². The highest BCUT2D eigenvalue weighted by atomic mass is 127. The highest BCUT2D eigenvalue weighted by molar-refractivity contribution is 14.0. The first-order chi connectivity index (χ1) is 15.3. The molecule has 0 bridgehead atoms. The molecule has 0 unspecified atom stereocenters. The van der Waals surface area contributed by atoms with Crippen LogP contribution in [0.15, 0.2) is 53.5 Å². The van der Waals surface area contributed by atoms with Crippen molar-refractivity contribution in [2.45, 2.75) is 65.0 Å². The van der Waals surface area contributed by atoms with Crippen molar-refractivity contribution in [2.24, 2.45) is 4.99 Å². The van der Waals surface area contributed by atoms with Gasteiger partial charge in [0, 0.05) is 45.3 Å². The lowest BCUT2D eigenvalue weighted by Gasteiger charge is -2.29. The number of aliphatic hydroxyl groups excluding tert-OH is 1.